The number of ether oxygens (including phenoxy) is 3. The summed E-state index contributed by atoms with van der Waals surface area (Å²) in [6.07, 6.45) is -0.547. The Kier molecular flexibility index (Phi) is 5.19. The second-order valence-electron chi connectivity index (χ2n) is 4.37. The van der Waals surface area contributed by atoms with Crippen molar-refractivity contribution in [1.82, 2.24) is 4.98 Å². The van der Waals surface area contributed by atoms with Gasteiger partial charge in [-0.3, -0.25) is 4.90 Å². The molecule has 0 saturated heterocycles. The number of carbonyl (C=O) groups is 1. The first kappa shape index (κ1) is 15.6. The second kappa shape index (κ2) is 7.31. The summed E-state index contributed by atoms with van der Waals surface area (Å²) in [5.74, 6) is 1.92. The van der Waals surface area contributed by atoms with Gasteiger partial charge >= 0.3 is 6.09 Å². The molecule has 116 valence electrons. The quantitative estimate of drug-likeness (QED) is 0.849. The van der Waals surface area contributed by atoms with Crippen LogP contribution in [-0.4, -0.2) is 31.8 Å². The highest BCUT2D eigenvalue weighted by molar-refractivity contribution is 5.87. The molecule has 0 bridgehead atoms. The topological polar surface area (TPSA) is 60.9 Å². The molecule has 0 aliphatic rings. The van der Waals surface area contributed by atoms with Crippen LogP contribution in [-0.2, 0) is 0 Å². The maximum absolute atomic E-state index is 12.2. The highest BCUT2D eigenvalue weighted by atomic mass is 16.6. The summed E-state index contributed by atoms with van der Waals surface area (Å²) in [6.45, 7) is 2.44. The van der Waals surface area contributed by atoms with E-state index in [-0.39, 0.29) is 0 Å². The molecule has 6 heteroatoms. The highest BCUT2D eigenvalue weighted by Gasteiger charge is 2.15. The van der Waals surface area contributed by atoms with Gasteiger partial charge in [-0.25, -0.2) is 4.79 Å². The molecule has 1 aromatic carbocycles. The largest absolute Gasteiger partial charge is 0.494 e. The molecule has 0 aliphatic heterocycles. The Morgan fingerprint density at radius 2 is 1.91 bits per heavy atom. The number of aromatic nitrogens is 1. The van der Waals surface area contributed by atoms with Crippen LogP contribution in [0.25, 0.3) is 0 Å². The number of hydrogen-bond acceptors (Lipinski definition) is 5. The van der Waals surface area contributed by atoms with Crippen LogP contribution < -0.4 is 19.1 Å². The Bertz CT molecular complexity index is 646. The molecule has 22 heavy (non-hydrogen) atoms. The molecule has 0 aliphatic carbocycles. The van der Waals surface area contributed by atoms with Crippen LogP contribution in [0.4, 0.5) is 10.6 Å². The summed E-state index contributed by atoms with van der Waals surface area (Å²) in [7, 11) is 3.10. The molecule has 1 amide bonds. The minimum Gasteiger partial charge on any atom is -0.494 e. The van der Waals surface area contributed by atoms with Gasteiger partial charge in [0.05, 0.1) is 13.7 Å². The lowest BCUT2D eigenvalue weighted by atomic mass is 10.3. The molecule has 0 unspecified atom stereocenters. The first-order valence-electron chi connectivity index (χ1n) is 6.83. The standard InChI is InChI=1S/C16H18N2O4/c1-4-21-12-7-5-8-13(11-12)22-16(19)18(2)14-9-6-10-15(17-14)20-3/h5-11H,4H2,1-3H3. The number of carbonyl (C=O) groups excluding carboxylic acids is 1. The van der Waals surface area contributed by atoms with Gasteiger partial charge in [-0.2, -0.15) is 4.98 Å². The van der Waals surface area contributed by atoms with E-state index in [1.165, 1.54) is 12.0 Å². The summed E-state index contributed by atoms with van der Waals surface area (Å²) in [4.78, 5) is 17.6. The van der Waals surface area contributed by atoms with Gasteiger partial charge in [0.25, 0.3) is 0 Å². The normalized spacial score (nSPS) is 9.95. The Hall–Kier alpha value is -2.76. The van der Waals surface area contributed by atoms with Crippen LogP contribution in [0.5, 0.6) is 17.4 Å². The SMILES string of the molecule is CCOc1cccc(OC(=O)N(C)c2cccc(OC)n2)c1. The van der Waals surface area contributed by atoms with Crippen molar-refractivity contribution in [2.45, 2.75) is 6.92 Å². The fourth-order valence-corrected chi connectivity index (χ4v) is 1.76. The van der Waals surface area contributed by atoms with Crippen LogP contribution in [0.1, 0.15) is 6.92 Å². The number of hydrogen-bond donors (Lipinski definition) is 0. The van der Waals surface area contributed by atoms with E-state index < -0.39 is 6.09 Å². The Balaban J connectivity index is 2.09. The fraction of sp³-hybridized carbons (Fsp3) is 0.250. The summed E-state index contributed by atoms with van der Waals surface area (Å²) in [5, 5.41) is 0. The molecule has 2 aromatic rings. The van der Waals surface area contributed by atoms with Crippen LogP contribution >= 0.6 is 0 Å². The van der Waals surface area contributed by atoms with Gasteiger partial charge in [0, 0.05) is 19.2 Å². The lowest BCUT2D eigenvalue weighted by molar-refractivity contribution is 0.208. The van der Waals surface area contributed by atoms with Crippen molar-refractivity contribution in [3.05, 3.63) is 42.5 Å². The van der Waals surface area contributed by atoms with E-state index in [1.807, 2.05) is 6.92 Å². The summed E-state index contributed by atoms with van der Waals surface area (Å²) < 4.78 is 15.7. The maximum Gasteiger partial charge on any atom is 0.420 e. The fourth-order valence-electron chi connectivity index (χ4n) is 1.76. The number of amides is 1. The summed E-state index contributed by atoms with van der Waals surface area (Å²) in [6, 6.07) is 12.1. The lowest BCUT2D eigenvalue weighted by Gasteiger charge is -2.16. The van der Waals surface area contributed by atoms with Crippen molar-refractivity contribution in [2.75, 3.05) is 25.7 Å². The predicted molar refractivity (Wildman–Crippen MR) is 82.8 cm³/mol. The van der Waals surface area contributed by atoms with Gasteiger partial charge in [-0.15, -0.1) is 0 Å². The van der Waals surface area contributed by atoms with E-state index in [0.717, 1.165) is 0 Å². The summed E-state index contributed by atoms with van der Waals surface area (Å²) in [5.41, 5.74) is 0. The van der Waals surface area contributed by atoms with Gasteiger partial charge < -0.3 is 14.2 Å². The molecule has 0 fully saturated rings. The average Bonchev–Trinajstić information content (AvgIpc) is 2.55. The molecule has 0 atom stereocenters. The van der Waals surface area contributed by atoms with Crippen LogP contribution in [0.15, 0.2) is 42.5 Å². The van der Waals surface area contributed by atoms with Gasteiger partial charge in [0.1, 0.15) is 17.3 Å². The van der Waals surface area contributed by atoms with Crippen molar-refractivity contribution >= 4 is 11.9 Å². The zero-order valence-electron chi connectivity index (χ0n) is 12.8. The van der Waals surface area contributed by atoms with Gasteiger partial charge in [0.15, 0.2) is 0 Å². The highest BCUT2D eigenvalue weighted by Crippen LogP contribution is 2.21. The number of benzene rings is 1. The smallest absolute Gasteiger partial charge is 0.420 e. The Labute approximate surface area is 129 Å². The van der Waals surface area contributed by atoms with E-state index >= 15 is 0 Å². The van der Waals surface area contributed by atoms with E-state index in [9.17, 15) is 4.79 Å². The van der Waals surface area contributed by atoms with E-state index in [1.54, 1.807) is 49.5 Å². The van der Waals surface area contributed by atoms with Crippen molar-refractivity contribution in [1.29, 1.82) is 0 Å². The van der Waals surface area contributed by atoms with Crippen molar-refractivity contribution in [2.24, 2.45) is 0 Å². The molecule has 6 nitrogen and oxygen atoms in total. The maximum atomic E-state index is 12.2. The molecular weight excluding hydrogens is 284 g/mol. The minimum atomic E-state index is -0.547. The molecule has 1 aromatic heterocycles. The van der Waals surface area contributed by atoms with E-state index in [0.29, 0.717) is 29.8 Å². The Morgan fingerprint density at radius 1 is 1.18 bits per heavy atom. The third-order valence-corrected chi connectivity index (χ3v) is 2.86. The molecule has 0 spiro atoms. The number of nitrogens with zero attached hydrogens (tertiary/aromatic N) is 2. The molecule has 0 radical (unpaired) electrons. The van der Waals surface area contributed by atoms with Gasteiger partial charge in [-0.05, 0) is 25.1 Å². The predicted octanol–water partition coefficient (Wildman–Crippen LogP) is 3.12. The van der Waals surface area contributed by atoms with Crippen molar-refractivity contribution in [3.63, 3.8) is 0 Å². The van der Waals surface area contributed by atoms with Crippen LogP contribution in [0.2, 0.25) is 0 Å². The third-order valence-electron chi connectivity index (χ3n) is 2.86. The minimum absolute atomic E-state index is 0.408. The number of pyridine rings is 1. The van der Waals surface area contributed by atoms with Crippen LogP contribution in [0, 0.1) is 0 Å². The Morgan fingerprint density at radius 3 is 2.64 bits per heavy atom. The lowest BCUT2D eigenvalue weighted by Crippen LogP contribution is -2.30. The monoisotopic (exact) mass is 302 g/mol. The molecule has 0 N–H and O–H groups in total. The zero-order valence-corrected chi connectivity index (χ0v) is 12.8. The average molecular weight is 302 g/mol. The van der Waals surface area contributed by atoms with E-state index in [2.05, 4.69) is 4.98 Å². The summed E-state index contributed by atoms with van der Waals surface area (Å²) >= 11 is 0. The van der Waals surface area contributed by atoms with Crippen molar-refractivity contribution < 1.29 is 19.0 Å². The first-order chi connectivity index (χ1) is 10.6. The third kappa shape index (κ3) is 3.88. The number of anilines is 1. The van der Waals surface area contributed by atoms with Crippen molar-refractivity contribution in [3.8, 4) is 17.4 Å². The molecule has 2 rings (SSSR count). The van der Waals surface area contributed by atoms with E-state index in [4.69, 9.17) is 14.2 Å². The number of methoxy groups -OCH3 is 1. The molecule has 0 saturated carbocycles. The molecule has 1 heterocycles. The van der Waals surface area contributed by atoms with Gasteiger partial charge in [-0.1, -0.05) is 12.1 Å². The first-order valence-corrected chi connectivity index (χ1v) is 6.83. The number of rotatable bonds is 5. The molecular formula is C16H18N2O4. The second-order valence-corrected chi connectivity index (χ2v) is 4.37. The van der Waals surface area contributed by atoms with Crippen LogP contribution in [0.3, 0.4) is 0 Å². The van der Waals surface area contributed by atoms with Gasteiger partial charge in [0.2, 0.25) is 5.88 Å². The zero-order chi connectivity index (χ0) is 15.9.